The van der Waals surface area contributed by atoms with Crippen molar-refractivity contribution in [3.63, 3.8) is 0 Å². The molecular weight excluding hydrogens is 191 g/mol. The fourth-order valence-corrected chi connectivity index (χ4v) is 1.43. The number of benzene rings is 1. The van der Waals surface area contributed by atoms with Crippen molar-refractivity contribution in [1.29, 1.82) is 0 Å². The highest BCUT2D eigenvalue weighted by molar-refractivity contribution is 5.19. The van der Waals surface area contributed by atoms with Gasteiger partial charge in [0.2, 0.25) is 0 Å². The van der Waals surface area contributed by atoms with Crippen LogP contribution in [0.4, 0.5) is 4.39 Å². The first-order valence-electron chi connectivity index (χ1n) is 4.99. The highest BCUT2D eigenvalue weighted by Crippen LogP contribution is 2.19. The minimum Gasteiger partial charge on any atom is -0.271 e. The Labute approximate surface area is 90.0 Å². The summed E-state index contributed by atoms with van der Waals surface area (Å²) in [6.07, 6.45) is 1.78. The highest BCUT2D eigenvalue weighted by atomic mass is 19.1. The van der Waals surface area contributed by atoms with Crippen molar-refractivity contribution in [2.24, 2.45) is 5.84 Å². The van der Waals surface area contributed by atoms with Gasteiger partial charge in [-0.15, -0.1) is 6.58 Å². The van der Waals surface area contributed by atoms with Gasteiger partial charge in [-0.1, -0.05) is 17.7 Å². The Balaban J connectivity index is 2.65. The van der Waals surface area contributed by atoms with E-state index in [0.717, 1.165) is 24.0 Å². The van der Waals surface area contributed by atoms with Crippen LogP contribution in [-0.2, 0) is 0 Å². The number of allylic oxidation sites excluding steroid dienone is 1. The van der Waals surface area contributed by atoms with E-state index in [1.54, 1.807) is 12.1 Å². The van der Waals surface area contributed by atoms with Gasteiger partial charge in [-0.05, 0) is 37.5 Å². The van der Waals surface area contributed by atoms with Crippen molar-refractivity contribution in [2.45, 2.75) is 25.8 Å². The maximum Gasteiger partial charge on any atom is 0.123 e. The SMILES string of the molecule is C=C(C)CCC(NN)c1ccc(F)cc1. The first-order valence-corrected chi connectivity index (χ1v) is 4.99. The lowest BCUT2D eigenvalue weighted by atomic mass is 10.0. The first-order chi connectivity index (χ1) is 7.13. The summed E-state index contributed by atoms with van der Waals surface area (Å²) in [7, 11) is 0. The van der Waals surface area contributed by atoms with Gasteiger partial charge in [-0.2, -0.15) is 0 Å². The van der Waals surface area contributed by atoms with Crippen LogP contribution in [-0.4, -0.2) is 0 Å². The number of hydrazine groups is 1. The molecule has 0 aliphatic carbocycles. The lowest BCUT2D eigenvalue weighted by Crippen LogP contribution is -2.28. The van der Waals surface area contributed by atoms with E-state index in [-0.39, 0.29) is 11.9 Å². The number of hydrogen-bond acceptors (Lipinski definition) is 2. The van der Waals surface area contributed by atoms with E-state index < -0.39 is 0 Å². The van der Waals surface area contributed by atoms with Gasteiger partial charge < -0.3 is 0 Å². The molecule has 0 saturated carbocycles. The molecule has 0 aromatic heterocycles. The summed E-state index contributed by atoms with van der Waals surface area (Å²) in [5, 5.41) is 0. The summed E-state index contributed by atoms with van der Waals surface area (Å²) < 4.78 is 12.7. The molecule has 15 heavy (non-hydrogen) atoms. The van der Waals surface area contributed by atoms with Gasteiger partial charge >= 0.3 is 0 Å². The zero-order valence-corrected chi connectivity index (χ0v) is 8.96. The Kier molecular flexibility index (Phi) is 4.46. The second-order valence-electron chi connectivity index (χ2n) is 3.77. The Bertz CT molecular complexity index is 319. The molecule has 0 amide bonds. The number of hydrogen-bond donors (Lipinski definition) is 2. The maximum atomic E-state index is 12.7. The van der Waals surface area contributed by atoms with E-state index in [0.29, 0.717) is 0 Å². The Morgan fingerprint density at radius 1 is 1.47 bits per heavy atom. The van der Waals surface area contributed by atoms with E-state index >= 15 is 0 Å². The molecule has 1 unspecified atom stereocenters. The summed E-state index contributed by atoms with van der Waals surface area (Å²) in [4.78, 5) is 0. The quantitative estimate of drug-likeness (QED) is 0.443. The van der Waals surface area contributed by atoms with E-state index in [1.165, 1.54) is 12.1 Å². The fraction of sp³-hybridized carbons (Fsp3) is 0.333. The lowest BCUT2D eigenvalue weighted by molar-refractivity contribution is 0.514. The summed E-state index contributed by atoms with van der Waals surface area (Å²) in [6.45, 7) is 5.82. The molecular formula is C12H17FN2. The van der Waals surface area contributed by atoms with Crippen molar-refractivity contribution in [3.05, 3.63) is 47.8 Å². The van der Waals surface area contributed by atoms with Gasteiger partial charge in [0.15, 0.2) is 0 Å². The summed E-state index contributed by atoms with van der Waals surface area (Å²) in [5.41, 5.74) is 4.85. The van der Waals surface area contributed by atoms with Gasteiger partial charge in [-0.25, -0.2) is 4.39 Å². The molecule has 1 aromatic carbocycles. The van der Waals surface area contributed by atoms with Crippen LogP contribution < -0.4 is 11.3 Å². The second kappa shape index (κ2) is 5.63. The molecule has 0 spiro atoms. The topological polar surface area (TPSA) is 38.0 Å². The van der Waals surface area contributed by atoms with E-state index in [4.69, 9.17) is 5.84 Å². The van der Waals surface area contributed by atoms with Crippen molar-refractivity contribution >= 4 is 0 Å². The minimum absolute atomic E-state index is 0.0577. The van der Waals surface area contributed by atoms with Crippen molar-refractivity contribution < 1.29 is 4.39 Å². The number of halogens is 1. The minimum atomic E-state index is -0.227. The van der Waals surface area contributed by atoms with Gasteiger partial charge in [0.1, 0.15) is 5.82 Å². The van der Waals surface area contributed by atoms with Gasteiger partial charge in [0.05, 0.1) is 0 Å². The predicted molar refractivity (Wildman–Crippen MR) is 60.5 cm³/mol. The summed E-state index contributed by atoms with van der Waals surface area (Å²) in [5.74, 6) is 5.23. The number of rotatable bonds is 5. The molecule has 3 N–H and O–H groups in total. The third kappa shape index (κ3) is 3.81. The van der Waals surface area contributed by atoms with Crippen LogP contribution in [0.3, 0.4) is 0 Å². The average molecular weight is 208 g/mol. The van der Waals surface area contributed by atoms with E-state index in [1.807, 2.05) is 6.92 Å². The van der Waals surface area contributed by atoms with Crippen LogP contribution >= 0.6 is 0 Å². The molecule has 1 atom stereocenters. The highest BCUT2D eigenvalue weighted by Gasteiger charge is 2.08. The molecule has 2 nitrogen and oxygen atoms in total. The van der Waals surface area contributed by atoms with Crippen LogP contribution in [0.15, 0.2) is 36.4 Å². The molecule has 0 fully saturated rings. The summed E-state index contributed by atoms with van der Waals surface area (Å²) >= 11 is 0. The normalized spacial score (nSPS) is 12.5. The molecule has 0 aliphatic heterocycles. The number of nitrogens with one attached hydrogen (secondary N) is 1. The fourth-order valence-electron chi connectivity index (χ4n) is 1.43. The Morgan fingerprint density at radius 2 is 2.07 bits per heavy atom. The van der Waals surface area contributed by atoms with Crippen LogP contribution in [0.1, 0.15) is 31.4 Å². The predicted octanol–water partition coefficient (Wildman–Crippen LogP) is 2.69. The third-order valence-corrected chi connectivity index (χ3v) is 2.33. The largest absolute Gasteiger partial charge is 0.271 e. The van der Waals surface area contributed by atoms with Crippen molar-refractivity contribution in [2.75, 3.05) is 0 Å². The van der Waals surface area contributed by atoms with Crippen molar-refractivity contribution in [1.82, 2.24) is 5.43 Å². The van der Waals surface area contributed by atoms with Crippen molar-refractivity contribution in [3.8, 4) is 0 Å². The maximum absolute atomic E-state index is 12.7. The zero-order chi connectivity index (χ0) is 11.3. The van der Waals surface area contributed by atoms with Gasteiger partial charge in [0, 0.05) is 6.04 Å². The molecule has 1 rings (SSSR count). The molecule has 3 heteroatoms. The first kappa shape index (κ1) is 11.9. The smallest absolute Gasteiger partial charge is 0.123 e. The average Bonchev–Trinajstić information content (AvgIpc) is 2.21. The van der Waals surface area contributed by atoms with Gasteiger partial charge in [-0.3, -0.25) is 11.3 Å². The lowest BCUT2D eigenvalue weighted by Gasteiger charge is -2.16. The van der Waals surface area contributed by atoms with Crippen LogP contribution in [0.5, 0.6) is 0 Å². The van der Waals surface area contributed by atoms with E-state index in [2.05, 4.69) is 12.0 Å². The van der Waals surface area contributed by atoms with Crippen LogP contribution in [0.25, 0.3) is 0 Å². The van der Waals surface area contributed by atoms with Gasteiger partial charge in [0.25, 0.3) is 0 Å². The number of nitrogens with two attached hydrogens (primary N) is 1. The summed E-state index contributed by atoms with van der Waals surface area (Å²) in [6, 6.07) is 6.44. The molecule has 0 bridgehead atoms. The Hall–Kier alpha value is -1.19. The molecule has 0 saturated heterocycles. The van der Waals surface area contributed by atoms with Crippen LogP contribution in [0.2, 0.25) is 0 Å². The molecule has 82 valence electrons. The molecule has 0 aliphatic rings. The molecule has 1 aromatic rings. The monoisotopic (exact) mass is 208 g/mol. The molecule has 0 heterocycles. The molecule has 0 radical (unpaired) electrons. The van der Waals surface area contributed by atoms with E-state index in [9.17, 15) is 4.39 Å². The Morgan fingerprint density at radius 3 is 2.53 bits per heavy atom. The standard InChI is InChI=1S/C12H17FN2/c1-9(2)3-8-12(15-14)10-4-6-11(13)7-5-10/h4-7,12,15H,1,3,8,14H2,2H3. The second-order valence-corrected chi connectivity index (χ2v) is 3.77. The zero-order valence-electron chi connectivity index (χ0n) is 8.96. The third-order valence-electron chi connectivity index (χ3n) is 2.33. The van der Waals surface area contributed by atoms with Crippen LogP contribution in [0, 0.1) is 5.82 Å².